The van der Waals surface area contributed by atoms with Crippen LogP contribution in [0.2, 0.25) is 0 Å². The fourth-order valence-corrected chi connectivity index (χ4v) is 3.75. The van der Waals surface area contributed by atoms with Crippen LogP contribution in [0.15, 0.2) is 17.5 Å². The Morgan fingerprint density at radius 3 is 2.11 bits per heavy atom. The molecule has 2 aromatic rings. The van der Waals surface area contributed by atoms with Crippen LogP contribution in [0.25, 0.3) is 0 Å². The number of methoxy groups -OCH3 is 4. The second-order valence-electron chi connectivity index (χ2n) is 6.42. The lowest BCUT2D eigenvalue weighted by Crippen LogP contribution is -2.15. The van der Waals surface area contributed by atoms with Crippen molar-refractivity contribution in [3.05, 3.63) is 34.2 Å². The summed E-state index contributed by atoms with van der Waals surface area (Å²) in [7, 11) is 5.77. The number of amides is 1. The molecule has 7 nitrogen and oxygen atoms in total. The molecule has 0 fully saturated rings. The molecule has 0 aliphatic carbocycles. The highest BCUT2D eigenvalue weighted by molar-refractivity contribution is 7.15. The van der Waals surface area contributed by atoms with Gasteiger partial charge in [0.1, 0.15) is 5.00 Å². The van der Waals surface area contributed by atoms with Gasteiger partial charge in [-0.15, -0.1) is 11.3 Å². The molecule has 0 unspecified atom stereocenters. The molecule has 8 heteroatoms. The monoisotopic (exact) mass is 407 g/mol. The predicted octanol–water partition coefficient (Wildman–Crippen LogP) is 4.01. The van der Waals surface area contributed by atoms with Gasteiger partial charge in [-0.1, -0.05) is 13.8 Å². The Balaban J connectivity index is 2.40. The van der Waals surface area contributed by atoms with Gasteiger partial charge in [0.2, 0.25) is 5.75 Å². The molecule has 0 bridgehead atoms. The summed E-state index contributed by atoms with van der Waals surface area (Å²) < 4.78 is 20.8. The Kier molecular flexibility index (Phi) is 7.28. The van der Waals surface area contributed by atoms with Crippen molar-refractivity contribution in [3.63, 3.8) is 0 Å². The van der Waals surface area contributed by atoms with Crippen molar-refractivity contribution in [1.82, 2.24) is 0 Å². The number of benzene rings is 1. The number of anilines is 1. The van der Waals surface area contributed by atoms with E-state index in [9.17, 15) is 9.59 Å². The predicted molar refractivity (Wildman–Crippen MR) is 108 cm³/mol. The molecule has 1 amide bonds. The minimum absolute atomic E-state index is 0.309. The summed E-state index contributed by atoms with van der Waals surface area (Å²) in [4.78, 5) is 25.1. The number of hydrogen-bond acceptors (Lipinski definition) is 7. The quantitative estimate of drug-likeness (QED) is 0.666. The van der Waals surface area contributed by atoms with E-state index in [0.29, 0.717) is 45.7 Å². The molecule has 1 aromatic carbocycles. The summed E-state index contributed by atoms with van der Waals surface area (Å²) in [5.74, 6) is 0.613. The molecule has 1 N–H and O–H groups in total. The molecular formula is C20H25NO6S. The van der Waals surface area contributed by atoms with Crippen LogP contribution < -0.4 is 19.5 Å². The topological polar surface area (TPSA) is 83.1 Å². The van der Waals surface area contributed by atoms with Gasteiger partial charge in [0.05, 0.1) is 34.0 Å². The summed E-state index contributed by atoms with van der Waals surface area (Å²) in [6.07, 6.45) is 0.709. The van der Waals surface area contributed by atoms with E-state index in [0.717, 1.165) is 5.56 Å². The van der Waals surface area contributed by atoms with Crippen LogP contribution in [0.3, 0.4) is 0 Å². The number of carbonyl (C=O) groups is 2. The van der Waals surface area contributed by atoms with Gasteiger partial charge in [0, 0.05) is 5.56 Å². The van der Waals surface area contributed by atoms with Crippen LogP contribution in [0.5, 0.6) is 17.2 Å². The first-order valence-corrected chi connectivity index (χ1v) is 9.54. The Bertz CT molecular complexity index is 833. The second-order valence-corrected chi connectivity index (χ2v) is 7.30. The fraction of sp³-hybridized carbons (Fsp3) is 0.400. The van der Waals surface area contributed by atoms with Crippen molar-refractivity contribution in [2.75, 3.05) is 33.8 Å². The van der Waals surface area contributed by atoms with E-state index in [-0.39, 0.29) is 0 Å². The molecule has 2 rings (SSSR count). The SMILES string of the molecule is COC(=O)c1c(CC(C)C)csc1NC(=O)c1cc(OC)c(OC)c(OC)c1. The number of ether oxygens (including phenoxy) is 4. The number of carbonyl (C=O) groups excluding carboxylic acids is 2. The van der Waals surface area contributed by atoms with Crippen molar-refractivity contribution in [1.29, 1.82) is 0 Å². The third-order valence-electron chi connectivity index (χ3n) is 4.04. The summed E-state index contributed by atoms with van der Waals surface area (Å²) in [6, 6.07) is 3.11. The van der Waals surface area contributed by atoms with Crippen LogP contribution in [0.4, 0.5) is 5.00 Å². The smallest absolute Gasteiger partial charge is 0.341 e. The molecule has 0 radical (unpaired) electrons. The molecule has 0 aliphatic heterocycles. The molecule has 0 spiro atoms. The van der Waals surface area contributed by atoms with E-state index in [1.165, 1.54) is 39.8 Å². The summed E-state index contributed by atoms with van der Waals surface area (Å²) in [5.41, 5.74) is 1.55. The third-order valence-corrected chi connectivity index (χ3v) is 4.98. The van der Waals surface area contributed by atoms with Crippen LogP contribution in [-0.4, -0.2) is 40.3 Å². The van der Waals surface area contributed by atoms with E-state index in [4.69, 9.17) is 18.9 Å². The summed E-state index contributed by atoms with van der Waals surface area (Å²) in [5, 5.41) is 5.12. The van der Waals surface area contributed by atoms with E-state index in [2.05, 4.69) is 19.2 Å². The van der Waals surface area contributed by atoms with Crippen molar-refractivity contribution >= 4 is 28.2 Å². The molecular weight excluding hydrogens is 382 g/mol. The minimum Gasteiger partial charge on any atom is -0.493 e. The normalized spacial score (nSPS) is 10.5. The maximum Gasteiger partial charge on any atom is 0.341 e. The van der Waals surface area contributed by atoms with E-state index < -0.39 is 11.9 Å². The van der Waals surface area contributed by atoms with Gasteiger partial charge in [0.15, 0.2) is 11.5 Å². The van der Waals surface area contributed by atoms with Gasteiger partial charge in [-0.05, 0) is 35.4 Å². The molecule has 152 valence electrons. The van der Waals surface area contributed by atoms with Crippen molar-refractivity contribution in [2.24, 2.45) is 5.92 Å². The number of esters is 1. The summed E-state index contributed by atoms with van der Waals surface area (Å²) in [6.45, 7) is 4.12. The van der Waals surface area contributed by atoms with Crippen LogP contribution in [-0.2, 0) is 11.2 Å². The molecule has 0 saturated carbocycles. The van der Waals surface area contributed by atoms with Crippen molar-refractivity contribution in [3.8, 4) is 17.2 Å². The maximum absolute atomic E-state index is 12.8. The highest BCUT2D eigenvalue weighted by Crippen LogP contribution is 2.39. The zero-order valence-corrected chi connectivity index (χ0v) is 17.7. The van der Waals surface area contributed by atoms with Gasteiger partial charge in [0.25, 0.3) is 5.91 Å². The maximum atomic E-state index is 12.8. The Hall–Kier alpha value is -2.74. The van der Waals surface area contributed by atoms with Gasteiger partial charge in [-0.2, -0.15) is 0 Å². The highest BCUT2D eigenvalue weighted by Gasteiger charge is 2.23. The van der Waals surface area contributed by atoms with E-state index in [1.807, 2.05) is 5.38 Å². The van der Waals surface area contributed by atoms with E-state index >= 15 is 0 Å². The molecule has 1 heterocycles. The first-order chi connectivity index (χ1) is 13.4. The minimum atomic E-state index is -0.475. The highest BCUT2D eigenvalue weighted by atomic mass is 32.1. The zero-order valence-electron chi connectivity index (χ0n) is 16.9. The van der Waals surface area contributed by atoms with Crippen molar-refractivity contribution in [2.45, 2.75) is 20.3 Å². The largest absolute Gasteiger partial charge is 0.493 e. The Labute approximate surface area is 168 Å². The van der Waals surface area contributed by atoms with Gasteiger partial charge in [-0.3, -0.25) is 4.79 Å². The zero-order chi connectivity index (χ0) is 20.8. The molecule has 1 aromatic heterocycles. The van der Waals surface area contributed by atoms with Crippen LogP contribution >= 0.6 is 11.3 Å². The molecule has 0 aliphatic rings. The van der Waals surface area contributed by atoms with Gasteiger partial charge in [-0.25, -0.2) is 4.79 Å². The fourth-order valence-electron chi connectivity index (χ4n) is 2.79. The number of hydrogen-bond donors (Lipinski definition) is 1. The number of rotatable bonds is 8. The standard InChI is InChI=1S/C20H25NO6S/c1-11(2)7-13-10-28-19(16(13)20(23)27-6)21-18(22)12-8-14(24-3)17(26-5)15(9-12)25-4/h8-11H,7H2,1-6H3,(H,21,22). The molecule has 28 heavy (non-hydrogen) atoms. The van der Waals surface area contributed by atoms with Crippen LogP contribution in [0.1, 0.15) is 40.1 Å². The summed E-state index contributed by atoms with van der Waals surface area (Å²) >= 11 is 1.29. The Morgan fingerprint density at radius 1 is 1.04 bits per heavy atom. The molecule has 0 atom stereocenters. The van der Waals surface area contributed by atoms with E-state index in [1.54, 1.807) is 12.1 Å². The number of nitrogens with one attached hydrogen (secondary N) is 1. The third kappa shape index (κ3) is 4.56. The Morgan fingerprint density at radius 2 is 1.64 bits per heavy atom. The molecule has 0 saturated heterocycles. The average molecular weight is 407 g/mol. The average Bonchev–Trinajstić information content (AvgIpc) is 3.07. The van der Waals surface area contributed by atoms with Gasteiger partial charge < -0.3 is 24.3 Å². The number of thiophene rings is 1. The lowest BCUT2D eigenvalue weighted by molar-refractivity contribution is 0.0601. The first kappa shape index (κ1) is 21.6. The lowest BCUT2D eigenvalue weighted by atomic mass is 10.0. The lowest BCUT2D eigenvalue weighted by Gasteiger charge is -2.14. The van der Waals surface area contributed by atoms with Gasteiger partial charge >= 0.3 is 5.97 Å². The van der Waals surface area contributed by atoms with Crippen LogP contribution in [0, 0.1) is 5.92 Å². The second kappa shape index (κ2) is 9.45. The van der Waals surface area contributed by atoms with Crippen molar-refractivity contribution < 1.29 is 28.5 Å². The first-order valence-electron chi connectivity index (χ1n) is 8.66.